The van der Waals surface area contributed by atoms with Crippen LogP contribution in [0.4, 0.5) is 4.79 Å². The zero-order valence-electron chi connectivity index (χ0n) is 7.74. The van der Waals surface area contributed by atoms with E-state index in [4.69, 9.17) is 10.5 Å². The second-order valence-electron chi connectivity index (χ2n) is 3.17. The summed E-state index contributed by atoms with van der Waals surface area (Å²) < 4.78 is 5.44. The number of ether oxygens (including phenoxy) is 1. The molecule has 1 aliphatic rings. The molecule has 0 aromatic carbocycles. The molecule has 1 saturated heterocycles. The minimum Gasteiger partial charge on any atom is -0.372 e. The van der Waals surface area contributed by atoms with Crippen LogP contribution in [0.1, 0.15) is 12.8 Å². The number of primary amides is 1. The highest BCUT2D eigenvalue weighted by Gasteiger charge is 2.21. The largest absolute Gasteiger partial charge is 0.372 e. The molecule has 0 radical (unpaired) electrons. The Balaban J connectivity index is 2.32. The van der Waals surface area contributed by atoms with E-state index >= 15 is 0 Å². The summed E-state index contributed by atoms with van der Waals surface area (Å²) in [5, 5.41) is 0. The van der Waals surface area contributed by atoms with Gasteiger partial charge in [-0.05, 0) is 12.8 Å². The minimum atomic E-state index is -0.355. The monoisotopic (exact) mass is 184 g/mol. The lowest BCUT2D eigenvalue weighted by molar-refractivity contribution is 0.0256. The summed E-state index contributed by atoms with van der Waals surface area (Å²) in [4.78, 5) is 12.5. The number of likely N-dealkylation sites (tertiary alicyclic amines) is 1. The third-order valence-electron chi connectivity index (χ3n) is 2.14. The van der Waals surface area contributed by atoms with Gasteiger partial charge in [0.1, 0.15) is 0 Å². The van der Waals surface area contributed by atoms with Gasteiger partial charge in [0.05, 0.1) is 12.7 Å². The van der Waals surface area contributed by atoms with E-state index in [1.807, 2.05) is 0 Å². The zero-order valence-corrected chi connectivity index (χ0v) is 7.74. The number of piperidine rings is 1. The van der Waals surface area contributed by atoms with Gasteiger partial charge in [0.15, 0.2) is 0 Å². The fourth-order valence-corrected chi connectivity index (χ4v) is 1.48. The molecule has 4 heteroatoms. The number of nitrogens with two attached hydrogens (primary N) is 1. The van der Waals surface area contributed by atoms with E-state index in [2.05, 4.69) is 6.58 Å². The molecule has 0 bridgehead atoms. The van der Waals surface area contributed by atoms with Crippen LogP contribution in [0, 0.1) is 0 Å². The normalized spacial score (nSPS) is 22.8. The highest BCUT2D eigenvalue weighted by molar-refractivity contribution is 5.72. The van der Waals surface area contributed by atoms with Gasteiger partial charge in [-0.1, -0.05) is 6.08 Å². The third-order valence-corrected chi connectivity index (χ3v) is 2.14. The van der Waals surface area contributed by atoms with Crippen LogP contribution in [0.15, 0.2) is 12.7 Å². The van der Waals surface area contributed by atoms with E-state index in [0.717, 1.165) is 19.4 Å². The number of urea groups is 1. The molecule has 2 N–H and O–H groups in total. The highest BCUT2D eigenvalue weighted by Crippen LogP contribution is 2.12. The molecule has 4 nitrogen and oxygen atoms in total. The van der Waals surface area contributed by atoms with E-state index < -0.39 is 0 Å². The fourth-order valence-electron chi connectivity index (χ4n) is 1.48. The van der Waals surface area contributed by atoms with Crippen LogP contribution in [-0.4, -0.2) is 36.7 Å². The van der Waals surface area contributed by atoms with Gasteiger partial charge in [0, 0.05) is 13.1 Å². The fraction of sp³-hybridized carbons (Fsp3) is 0.667. The average molecular weight is 184 g/mol. The smallest absolute Gasteiger partial charge is 0.314 e. The number of carbonyl (C=O) groups excluding carboxylic acids is 1. The maximum atomic E-state index is 10.8. The number of hydrogen-bond acceptors (Lipinski definition) is 2. The van der Waals surface area contributed by atoms with Crippen molar-refractivity contribution >= 4 is 6.03 Å². The molecule has 1 atom stereocenters. The standard InChI is InChI=1S/C9H16N2O2/c1-2-6-13-8-4-3-5-11(7-8)9(10)12/h2,8H,1,3-7H2,(H2,10,12). The second kappa shape index (κ2) is 4.87. The topological polar surface area (TPSA) is 55.6 Å². The molecule has 74 valence electrons. The SMILES string of the molecule is C=CCOC1CCCN(C(N)=O)C1. The van der Waals surface area contributed by atoms with Crippen molar-refractivity contribution in [1.29, 1.82) is 0 Å². The Morgan fingerprint density at radius 3 is 3.15 bits per heavy atom. The summed E-state index contributed by atoms with van der Waals surface area (Å²) in [6.07, 6.45) is 3.80. The average Bonchev–Trinajstić information content (AvgIpc) is 2.15. The molecule has 0 aromatic heterocycles. The van der Waals surface area contributed by atoms with E-state index in [0.29, 0.717) is 13.2 Å². The third kappa shape index (κ3) is 3.06. The molecule has 0 aromatic rings. The summed E-state index contributed by atoms with van der Waals surface area (Å²) >= 11 is 0. The van der Waals surface area contributed by atoms with Gasteiger partial charge in [0.25, 0.3) is 0 Å². The summed E-state index contributed by atoms with van der Waals surface area (Å²) in [5.74, 6) is 0. The molecule has 1 fully saturated rings. The molecule has 1 unspecified atom stereocenters. The molecular weight excluding hydrogens is 168 g/mol. The van der Waals surface area contributed by atoms with Gasteiger partial charge in [-0.3, -0.25) is 0 Å². The summed E-state index contributed by atoms with van der Waals surface area (Å²) in [6, 6.07) is -0.355. The second-order valence-corrected chi connectivity index (χ2v) is 3.17. The first-order chi connectivity index (χ1) is 6.24. The molecule has 1 aliphatic heterocycles. The van der Waals surface area contributed by atoms with Gasteiger partial charge in [0.2, 0.25) is 0 Å². The molecule has 0 spiro atoms. The molecule has 2 amide bonds. The van der Waals surface area contributed by atoms with Crippen LogP contribution in [0.5, 0.6) is 0 Å². The number of amides is 2. The van der Waals surface area contributed by atoms with Crippen molar-refractivity contribution in [3.05, 3.63) is 12.7 Å². The van der Waals surface area contributed by atoms with Crippen LogP contribution in [0.3, 0.4) is 0 Å². The zero-order chi connectivity index (χ0) is 9.68. The number of nitrogens with zero attached hydrogens (tertiary/aromatic N) is 1. The van der Waals surface area contributed by atoms with Crippen molar-refractivity contribution in [2.45, 2.75) is 18.9 Å². The van der Waals surface area contributed by atoms with E-state index in [-0.39, 0.29) is 12.1 Å². The minimum absolute atomic E-state index is 0.124. The van der Waals surface area contributed by atoms with Gasteiger partial charge < -0.3 is 15.4 Å². The van der Waals surface area contributed by atoms with Gasteiger partial charge in [-0.2, -0.15) is 0 Å². The number of rotatable bonds is 3. The van der Waals surface area contributed by atoms with Crippen LogP contribution < -0.4 is 5.73 Å². The molecular formula is C9H16N2O2. The predicted molar refractivity (Wildman–Crippen MR) is 50.3 cm³/mol. The van der Waals surface area contributed by atoms with Gasteiger partial charge >= 0.3 is 6.03 Å². The molecule has 1 heterocycles. The predicted octanol–water partition coefficient (Wildman–Crippen LogP) is 0.732. The molecule has 13 heavy (non-hydrogen) atoms. The van der Waals surface area contributed by atoms with E-state index in [1.165, 1.54) is 0 Å². The lowest BCUT2D eigenvalue weighted by Crippen LogP contribution is -2.45. The van der Waals surface area contributed by atoms with Crippen LogP contribution >= 0.6 is 0 Å². The first kappa shape index (κ1) is 10.1. The Kier molecular flexibility index (Phi) is 3.76. The molecule has 1 rings (SSSR count). The van der Waals surface area contributed by atoms with Crippen molar-refractivity contribution in [1.82, 2.24) is 4.90 Å². The summed E-state index contributed by atoms with van der Waals surface area (Å²) in [6.45, 7) is 5.48. The first-order valence-corrected chi connectivity index (χ1v) is 4.51. The lowest BCUT2D eigenvalue weighted by atomic mass is 10.1. The summed E-state index contributed by atoms with van der Waals surface area (Å²) in [5.41, 5.74) is 5.17. The maximum absolute atomic E-state index is 10.8. The maximum Gasteiger partial charge on any atom is 0.314 e. The highest BCUT2D eigenvalue weighted by atomic mass is 16.5. The van der Waals surface area contributed by atoms with Gasteiger partial charge in [-0.15, -0.1) is 6.58 Å². The van der Waals surface area contributed by atoms with E-state index in [9.17, 15) is 4.79 Å². The lowest BCUT2D eigenvalue weighted by Gasteiger charge is -2.31. The van der Waals surface area contributed by atoms with Crippen molar-refractivity contribution < 1.29 is 9.53 Å². The van der Waals surface area contributed by atoms with Gasteiger partial charge in [-0.25, -0.2) is 4.79 Å². The Morgan fingerprint density at radius 2 is 2.54 bits per heavy atom. The van der Waals surface area contributed by atoms with Crippen LogP contribution in [0.25, 0.3) is 0 Å². The van der Waals surface area contributed by atoms with Crippen molar-refractivity contribution in [2.24, 2.45) is 5.73 Å². The van der Waals surface area contributed by atoms with Crippen molar-refractivity contribution in [3.8, 4) is 0 Å². The quantitative estimate of drug-likeness (QED) is 0.657. The Morgan fingerprint density at radius 1 is 1.77 bits per heavy atom. The molecule has 0 saturated carbocycles. The van der Waals surface area contributed by atoms with E-state index in [1.54, 1.807) is 11.0 Å². The number of hydrogen-bond donors (Lipinski definition) is 1. The molecule has 0 aliphatic carbocycles. The van der Waals surface area contributed by atoms with Crippen molar-refractivity contribution in [3.63, 3.8) is 0 Å². The van der Waals surface area contributed by atoms with Crippen molar-refractivity contribution in [2.75, 3.05) is 19.7 Å². The summed E-state index contributed by atoms with van der Waals surface area (Å²) in [7, 11) is 0. The number of carbonyl (C=O) groups is 1. The van der Waals surface area contributed by atoms with Crippen LogP contribution in [0.2, 0.25) is 0 Å². The Labute approximate surface area is 78.3 Å². The Hall–Kier alpha value is -1.03. The van der Waals surface area contributed by atoms with Crippen LogP contribution in [-0.2, 0) is 4.74 Å². The first-order valence-electron chi connectivity index (χ1n) is 4.51. The Bertz CT molecular complexity index is 194.